The van der Waals surface area contributed by atoms with Crippen molar-refractivity contribution < 1.29 is 22.7 Å². The van der Waals surface area contributed by atoms with Gasteiger partial charge in [-0.2, -0.15) is 13.9 Å². The maximum Gasteiger partial charge on any atom is 0.387 e. The second-order valence-corrected chi connectivity index (χ2v) is 7.06. The number of rotatable bonds is 4. The van der Waals surface area contributed by atoms with Gasteiger partial charge in [-0.15, -0.1) is 0 Å². The zero-order valence-electron chi connectivity index (χ0n) is 16.5. The van der Waals surface area contributed by atoms with E-state index in [0.717, 1.165) is 0 Å². The lowest BCUT2D eigenvalue weighted by Gasteiger charge is -2.30. The van der Waals surface area contributed by atoms with Crippen LogP contribution in [0.2, 0.25) is 0 Å². The van der Waals surface area contributed by atoms with Gasteiger partial charge >= 0.3 is 6.61 Å². The van der Waals surface area contributed by atoms with E-state index in [4.69, 9.17) is 0 Å². The van der Waals surface area contributed by atoms with Crippen LogP contribution in [0.5, 0.6) is 5.75 Å². The predicted octanol–water partition coefficient (Wildman–Crippen LogP) is 3.87. The van der Waals surface area contributed by atoms with Crippen LogP contribution >= 0.6 is 0 Å². The first-order valence-corrected chi connectivity index (χ1v) is 9.61. The first kappa shape index (κ1) is 20.6. The molecule has 0 fully saturated rings. The van der Waals surface area contributed by atoms with Crippen molar-refractivity contribution in [2.24, 2.45) is 0 Å². The zero-order chi connectivity index (χ0) is 22.1. The van der Waals surface area contributed by atoms with Crippen LogP contribution in [0.3, 0.4) is 0 Å². The molecule has 0 N–H and O–H groups in total. The number of aryl methyl sites for hydroxylation is 2. The number of carbonyl (C=O) groups is 1. The lowest BCUT2D eigenvalue weighted by atomic mass is 10.0. The molecule has 0 saturated heterocycles. The number of hydrogen-bond acceptors (Lipinski definition) is 4. The van der Waals surface area contributed by atoms with E-state index in [9.17, 15) is 22.8 Å². The van der Waals surface area contributed by atoms with Crippen LogP contribution in [0, 0.1) is 12.7 Å². The third-order valence-corrected chi connectivity index (χ3v) is 5.03. The second kappa shape index (κ2) is 8.25. The van der Waals surface area contributed by atoms with E-state index >= 15 is 0 Å². The van der Waals surface area contributed by atoms with Crippen LogP contribution in [0.1, 0.15) is 28.2 Å². The first-order chi connectivity index (χ1) is 14.9. The highest BCUT2D eigenvalue weighted by Gasteiger charge is 2.30. The molecular formula is C22H18F3N3O3. The molecule has 1 aromatic heterocycles. The first-order valence-electron chi connectivity index (χ1n) is 9.61. The van der Waals surface area contributed by atoms with Crippen molar-refractivity contribution in [2.45, 2.75) is 26.4 Å². The Bertz CT molecular complexity index is 1210. The molecule has 0 spiro atoms. The third kappa shape index (κ3) is 3.90. The zero-order valence-corrected chi connectivity index (χ0v) is 16.5. The molecule has 0 unspecified atom stereocenters. The Morgan fingerprint density at radius 3 is 2.68 bits per heavy atom. The number of amides is 1. The predicted molar refractivity (Wildman–Crippen MR) is 108 cm³/mol. The summed E-state index contributed by atoms with van der Waals surface area (Å²) >= 11 is 0. The van der Waals surface area contributed by atoms with Gasteiger partial charge in [0.1, 0.15) is 17.3 Å². The van der Waals surface area contributed by atoms with Crippen molar-refractivity contribution in [3.8, 4) is 11.4 Å². The fraction of sp³-hybridized carbons (Fsp3) is 0.227. The van der Waals surface area contributed by atoms with Crippen molar-refractivity contribution in [1.29, 1.82) is 0 Å². The minimum absolute atomic E-state index is 0.0785. The maximum absolute atomic E-state index is 14.3. The summed E-state index contributed by atoms with van der Waals surface area (Å²) in [5, 5.41) is 4.13. The van der Waals surface area contributed by atoms with E-state index in [1.165, 1.54) is 39.9 Å². The number of carbonyl (C=O) groups excluding carboxylic acids is 1. The molecule has 2 aromatic carbocycles. The van der Waals surface area contributed by atoms with E-state index < -0.39 is 29.5 Å². The summed E-state index contributed by atoms with van der Waals surface area (Å²) < 4.78 is 45.9. The number of alkyl halides is 2. The third-order valence-electron chi connectivity index (χ3n) is 5.03. The van der Waals surface area contributed by atoms with Gasteiger partial charge in [0.2, 0.25) is 5.43 Å². The number of ether oxygens (including phenoxy) is 1. The van der Waals surface area contributed by atoms with E-state index in [2.05, 4.69) is 9.84 Å². The van der Waals surface area contributed by atoms with Gasteiger partial charge in [-0.3, -0.25) is 9.59 Å². The molecule has 31 heavy (non-hydrogen) atoms. The molecule has 0 aliphatic carbocycles. The lowest BCUT2D eigenvalue weighted by Crippen LogP contribution is -2.39. The summed E-state index contributed by atoms with van der Waals surface area (Å²) in [5.74, 6) is -1.49. The van der Waals surface area contributed by atoms with Crippen LogP contribution in [-0.4, -0.2) is 28.8 Å². The summed E-state index contributed by atoms with van der Waals surface area (Å²) in [6, 6.07) is 11.7. The summed E-state index contributed by atoms with van der Waals surface area (Å²) in [5.41, 5.74) is 0.183. The highest BCUT2D eigenvalue weighted by molar-refractivity contribution is 6.06. The molecule has 0 atom stereocenters. The van der Waals surface area contributed by atoms with Crippen molar-refractivity contribution in [3.63, 3.8) is 0 Å². The van der Waals surface area contributed by atoms with Crippen molar-refractivity contribution in [2.75, 3.05) is 11.4 Å². The highest BCUT2D eigenvalue weighted by atomic mass is 19.3. The molecule has 9 heteroatoms. The molecular weight excluding hydrogens is 411 g/mol. The molecule has 0 radical (unpaired) electrons. The summed E-state index contributed by atoms with van der Waals surface area (Å²) in [6.45, 7) is -1.30. The Labute approximate surface area is 175 Å². The maximum atomic E-state index is 14.3. The van der Waals surface area contributed by atoms with Crippen LogP contribution in [0.15, 0.2) is 53.3 Å². The smallest absolute Gasteiger partial charge is 0.387 e. The molecule has 0 saturated carbocycles. The molecule has 3 aromatic rings. The number of nitrogens with zero attached hydrogens (tertiary/aromatic N) is 3. The van der Waals surface area contributed by atoms with Gasteiger partial charge in [0.25, 0.3) is 5.91 Å². The van der Waals surface area contributed by atoms with Crippen LogP contribution in [0.4, 0.5) is 18.9 Å². The molecule has 1 aliphatic heterocycles. The Morgan fingerprint density at radius 2 is 1.94 bits per heavy atom. The molecule has 4 rings (SSSR count). The summed E-state index contributed by atoms with van der Waals surface area (Å²) in [7, 11) is 0. The van der Waals surface area contributed by atoms with Gasteiger partial charge in [0.05, 0.1) is 5.69 Å². The fourth-order valence-corrected chi connectivity index (χ4v) is 3.70. The van der Waals surface area contributed by atoms with Crippen LogP contribution < -0.4 is 15.1 Å². The van der Waals surface area contributed by atoms with Gasteiger partial charge in [0.15, 0.2) is 5.69 Å². The lowest BCUT2D eigenvalue weighted by molar-refractivity contribution is -0.0495. The SMILES string of the molecule is Cc1cc(=O)c(C(=O)N2CCCc3cccc(OC(F)F)c32)nn1-c1ccccc1F. The molecule has 160 valence electrons. The molecule has 0 bridgehead atoms. The van der Waals surface area contributed by atoms with Crippen LogP contribution in [-0.2, 0) is 6.42 Å². The number of hydrogen-bond donors (Lipinski definition) is 0. The average Bonchev–Trinajstić information content (AvgIpc) is 2.73. The van der Waals surface area contributed by atoms with Gasteiger partial charge in [-0.25, -0.2) is 9.07 Å². The number of halogens is 3. The standard InChI is InChI=1S/C22H18F3N3O3/c1-13-12-17(29)19(26-28(13)16-9-3-2-8-15(16)23)21(30)27-11-5-7-14-6-4-10-18(20(14)27)31-22(24)25/h2-4,6,8-10,12,22H,5,7,11H2,1H3. The van der Waals surface area contributed by atoms with E-state index in [1.807, 2.05) is 0 Å². The highest BCUT2D eigenvalue weighted by Crippen LogP contribution is 2.37. The fourth-order valence-electron chi connectivity index (χ4n) is 3.70. The average molecular weight is 429 g/mol. The van der Waals surface area contributed by atoms with Crippen molar-refractivity contribution >= 4 is 11.6 Å². The van der Waals surface area contributed by atoms with E-state index in [-0.39, 0.29) is 23.7 Å². The Morgan fingerprint density at radius 1 is 1.16 bits per heavy atom. The largest absolute Gasteiger partial charge is 0.433 e. The van der Waals surface area contributed by atoms with E-state index in [0.29, 0.717) is 24.1 Å². The van der Waals surface area contributed by atoms with Crippen molar-refractivity contribution in [1.82, 2.24) is 9.78 Å². The number of fused-ring (bicyclic) bond motifs is 1. The normalized spacial score (nSPS) is 13.3. The Balaban J connectivity index is 1.82. The van der Waals surface area contributed by atoms with Gasteiger partial charge in [0, 0.05) is 18.3 Å². The Kier molecular flexibility index (Phi) is 5.50. The number of para-hydroxylation sites is 2. The number of aromatic nitrogens is 2. The van der Waals surface area contributed by atoms with Gasteiger partial charge in [-0.05, 0) is 43.5 Å². The minimum Gasteiger partial charge on any atom is -0.433 e. The topological polar surface area (TPSA) is 64.4 Å². The quantitative estimate of drug-likeness (QED) is 0.632. The molecule has 6 nitrogen and oxygen atoms in total. The second-order valence-electron chi connectivity index (χ2n) is 7.06. The number of benzene rings is 2. The van der Waals surface area contributed by atoms with Crippen LogP contribution in [0.25, 0.3) is 5.69 Å². The summed E-state index contributed by atoms with van der Waals surface area (Å²) in [6.07, 6.45) is 1.14. The van der Waals surface area contributed by atoms with E-state index in [1.54, 1.807) is 25.1 Å². The monoisotopic (exact) mass is 429 g/mol. The molecule has 2 heterocycles. The van der Waals surface area contributed by atoms with Crippen molar-refractivity contribution in [3.05, 3.63) is 81.5 Å². The minimum atomic E-state index is -3.07. The number of anilines is 1. The van der Waals surface area contributed by atoms with Gasteiger partial charge < -0.3 is 9.64 Å². The summed E-state index contributed by atoms with van der Waals surface area (Å²) in [4.78, 5) is 27.1. The van der Waals surface area contributed by atoms with Gasteiger partial charge in [-0.1, -0.05) is 24.3 Å². The Hall–Kier alpha value is -3.62. The molecule has 1 amide bonds. The molecule has 1 aliphatic rings.